The number of methoxy groups -OCH3 is 1. The van der Waals surface area contributed by atoms with E-state index < -0.39 is 27.8 Å². The van der Waals surface area contributed by atoms with Gasteiger partial charge in [0.15, 0.2) is 5.78 Å². The zero-order valence-corrected chi connectivity index (χ0v) is 21.5. The first-order chi connectivity index (χ1) is 15.2. The van der Waals surface area contributed by atoms with E-state index in [2.05, 4.69) is 6.58 Å². The van der Waals surface area contributed by atoms with Crippen molar-refractivity contribution in [2.75, 3.05) is 13.7 Å². The smallest absolute Gasteiger partial charge is 0.354 e. The Bertz CT molecular complexity index is 1170. The third-order valence-corrected chi connectivity index (χ3v) is 7.95. The molecule has 1 aromatic heterocycles. The number of benzene rings is 1. The SMILES string of the molecule is C=CCN(C(C)C(=O)c1c(C)c(C(=O)OC)n(C)c1C)S(=O)(=O)c1ccc(C(C)(C)C)cc1. The fourth-order valence-corrected chi connectivity index (χ4v) is 5.48. The number of hydrogen-bond donors (Lipinski definition) is 0. The number of hydrogen-bond acceptors (Lipinski definition) is 5. The number of sulfonamides is 1. The summed E-state index contributed by atoms with van der Waals surface area (Å²) in [5.74, 6) is -0.952. The first-order valence-electron chi connectivity index (χ1n) is 10.7. The molecule has 0 spiro atoms. The van der Waals surface area contributed by atoms with Gasteiger partial charge in [-0.3, -0.25) is 4.79 Å². The van der Waals surface area contributed by atoms with Crippen molar-refractivity contribution in [1.82, 2.24) is 8.87 Å². The maximum atomic E-state index is 13.5. The molecule has 0 saturated carbocycles. The molecule has 1 aromatic carbocycles. The molecule has 180 valence electrons. The molecular formula is C25H34N2O5S. The molecule has 1 heterocycles. The quantitative estimate of drug-likeness (QED) is 0.326. The standard InChI is InChI=1S/C25H34N2O5S/c1-10-15-27(33(30,31)20-13-11-19(12-14-20)25(5,6)7)18(4)23(28)21-16(2)22(24(29)32-9)26(8)17(21)3/h10-14,18H,1,15H2,2-9H3. The number of Topliss-reactive ketones (excluding diaryl/α,β-unsaturated/α-hetero) is 1. The Kier molecular flexibility index (Phi) is 7.76. The molecule has 0 radical (unpaired) electrons. The average molecular weight is 475 g/mol. The van der Waals surface area contributed by atoms with E-state index in [-0.39, 0.29) is 22.5 Å². The summed E-state index contributed by atoms with van der Waals surface area (Å²) in [7, 11) is -1.04. The van der Waals surface area contributed by atoms with Crippen LogP contribution < -0.4 is 0 Å². The summed E-state index contributed by atoms with van der Waals surface area (Å²) < 4.78 is 34.6. The van der Waals surface area contributed by atoms with E-state index >= 15 is 0 Å². The fraction of sp³-hybridized carbons (Fsp3) is 0.440. The van der Waals surface area contributed by atoms with Gasteiger partial charge < -0.3 is 9.30 Å². The van der Waals surface area contributed by atoms with Crippen LogP contribution in [0.4, 0.5) is 0 Å². The number of esters is 1. The zero-order valence-electron chi connectivity index (χ0n) is 20.7. The van der Waals surface area contributed by atoms with E-state index in [9.17, 15) is 18.0 Å². The summed E-state index contributed by atoms with van der Waals surface area (Å²) >= 11 is 0. The molecule has 0 aliphatic heterocycles. The largest absolute Gasteiger partial charge is 0.464 e. The van der Waals surface area contributed by atoms with Gasteiger partial charge in [0.2, 0.25) is 10.0 Å². The zero-order chi connectivity index (χ0) is 25.3. The molecule has 8 heteroatoms. The van der Waals surface area contributed by atoms with Crippen molar-refractivity contribution in [1.29, 1.82) is 0 Å². The number of rotatable bonds is 8. The second-order valence-electron chi connectivity index (χ2n) is 9.16. The van der Waals surface area contributed by atoms with Crippen LogP contribution in [0.15, 0.2) is 41.8 Å². The third-order valence-electron chi connectivity index (χ3n) is 6.00. The molecule has 0 aliphatic rings. The van der Waals surface area contributed by atoms with Crippen molar-refractivity contribution in [2.45, 2.75) is 57.9 Å². The summed E-state index contributed by atoms with van der Waals surface area (Å²) in [5.41, 5.74) is 2.50. The highest BCUT2D eigenvalue weighted by molar-refractivity contribution is 7.89. The molecule has 0 saturated heterocycles. The van der Waals surface area contributed by atoms with Crippen LogP contribution in [0.5, 0.6) is 0 Å². The number of ether oxygens (including phenoxy) is 1. The van der Waals surface area contributed by atoms with Gasteiger partial charge in [-0.25, -0.2) is 13.2 Å². The molecule has 0 N–H and O–H groups in total. The maximum absolute atomic E-state index is 13.5. The molecule has 33 heavy (non-hydrogen) atoms. The number of aromatic nitrogens is 1. The second-order valence-corrected chi connectivity index (χ2v) is 11.1. The Labute approximate surface area is 197 Å². The molecule has 7 nitrogen and oxygen atoms in total. The average Bonchev–Trinajstić information content (AvgIpc) is 2.98. The van der Waals surface area contributed by atoms with Crippen molar-refractivity contribution in [3.05, 3.63) is 65.0 Å². The van der Waals surface area contributed by atoms with E-state index in [0.29, 0.717) is 16.8 Å². The first kappa shape index (κ1) is 26.5. The van der Waals surface area contributed by atoms with E-state index in [4.69, 9.17) is 4.74 Å². The van der Waals surface area contributed by atoms with Gasteiger partial charge in [-0.2, -0.15) is 4.31 Å². The van der Waals surface area contributed by atoms with E-state index in [0.717, 1.165) is 9.87 Å². The van der Waals surface area contributed by atoms with E-state index in [1.165, 1.54) is 13.2 Å². The van der Waals surface area contributed by atoms with Gasteiger partial charge in [-0.15, -0.1) is 6.58 Å². The Morgan fingerprint density at radius 1 is 1.18 bits per heavy atom. The highest BCUT2D eigenvalue weighted by Crippen LogP contribution is 2.28. The Hall–Kier alpha value is -2.71. The molecule has 2 rings (SSSR count). The van der Waals surface area contributed by atoms with Crippen LogP contribution in [0.25, 0.3) is 0 Å². The lowest BCUT2D eigenvalue weighted by molar-refractivity contribution is 0.0588. The van der Waals surface area contributed by atoms with Crippen molar-refractivity contribution in [2.24, 2.45) is 7.05 Å². The number of ketones is 1. The van der Waals surface area contributed by atoms with Gasteiger partial charge >= 0.3 is 5.97 Å². The van der Waals surface area contributed by atoms with Gasteiger partial charge in [0.1, 0.15) is 5.69 Å². The summed E-state index contributed by atoms with van der Waals surface area (Å²) in [5, 5.41) is 0. The maximum Gasteiger partial charge on any atom is 0.354 e. The molecule has 1 unspecified atom stereocenters. The Balaban J connectivity index is 2.53. The lowest BCUT2D eigenvalue weighted by atomic mass is 9.87. The minimum atomic E-state index is -3.98. The summed E-state index contributed by atoms with van der Waals surface area (Å²) in [6.07, 6.45) is 1.45. The van der Waals surface area contributed by atoms with Crippen LogP contribution in [-0.4, -0.2) is 48.7 Å². The lowest BCUT2D eigenvalue weighted by Gasteiger charge is -2.27. The minimum absolute atomic E-state index is 0.0367. The topological polar surface area (TPSA) is 85.7 Å². The molecule has 2 aromatic rings. The van der Waals surface area contributed by atoms with Crippen molar-refractivity contribution >= 4 is 21.8 Å². The normalized spacial score (nSPS) is 13.1. The number of carbonyl (C=O) groups is 2. The Morgan fingerprint density at radius 3 is 2.18 bits per heavy atom. The predicted octanol–water partition coefficient (Wildman–Crippen LogP) is 4.17. The third kappa shape index (κ3) is 4.96. The minimum Gasteiger partial charge on any atom is -0.464 e. The van der Waals surface area contributed by atoms with E-state index in [1.807, 2.05) is 20.8 Å². The highest BCUT2D eigenvalue weighted by Gasteiger charge is 2.36. The highest BCUT2D eigenvalue weighted by atomic mass is 32.2. The summed E-state index contributed by atoms with van der Waals surface area (Å²) in [6.45, 7) is 14.7. The van der Waals surface area contributed by atoms with Crippen LogP contribution >= 0.6 is 0 Å². The molecule has 0 bridgehead atoms. The lowest BCUT2D eigenvalue weighted by Crippen LogP contribution is -2.43. The van der Waals surface area contributed by atoms with Crippen molar-refractivity contribution < 1.29 is 22.7 Å². The number of nitrogens with zero attached hydrogens (tertiary/aromatic N) is 2. The van der Waals surface area contributed by atoms with E-state index in [1.54, 1.807) is 56.7 Å². The van der Waals surface area contributed by atoms with Gasteiger partial charge in [0.05, 0.1) is 18.0 Å². The van der Waals surface area contributed by atoms with Gasteiger partial charge in [0.25, 0.3) is 0 Å². The fourth-order valence-electron chi connectivity index (χ4n) is 3.92. The van der Waals surface area contributed by atoms with Gasteiger partial charge in [-0.1, -0.05) is 39.0 Å². The van der Waals surface area contributed by atoms with Crippen LogP contribution in [-0.2, 0) is 27.2 Å². The second kappa shape index (κ2) is 9.65. The van der Waals surface area contributed by atoms with Crippen LogP contribution in [0.1, 0.15) is 65.4 Å². The Morgan fingerprint density at radius 2 is 1.73 bits per heavy atom. The summed E-state index contributed by atoms with van der Waals surface area (Å²) in [4.78, 5) is 25.9. The molecule has 0 aliphatic carbocycles. The molecule has 1 atom stereocenters. The molecule has 0 fully saturated rings. The summed E-state index contributed by atoms with van der Waals surface area (Å²) in [6, 6.07) is 5.70. The van der Waals surface area contributed by atoms with Crippen LogP contribution in [0.3, 0.4) is 0 Å². The monoisotopic (exact) mass is 474 g/mol. The predicted molar refractivity (Wildman–Crippen MR) is 129 cm³/mol. The molecular weight excluding hydrogens is 440 g/mol. The van der Waals surface area contributed by atoms with Gasteiger partial charge in [-0.05, 0) is 49.4 Å². The number of carbonyl (C=O) groups excluding carboxylic acids is 2. The first-order valence-corrected chi connectivity index (χ1v) is 12.2. The van der Waals surface area contributed by atoms with Crippen molar-refractivity contribution in [3.63, 3.8) is 0 Å². The van der Waals surface area contributed by atoms with Crippen molar-refractivity contribution in [3.8, 4) is 0 Å². The van der Waals surface area contributed by atoms with Crippen LogP contribution in [0.2, 0.25) is 0 Å². The van der Waals surface area contributed by atoms with Gasteiger partial charge in [0, 0.05) is 24.8 Å². The van der Waals surface area contributed by atoms with Crippen LogP contribution in [0, 0.1) is 13.8 Å². The molecule has 0 amide bonds.